The molecule has 0 aliphatic carbocycles. The van der Waals surface area contributed by atoms with Crippen LogP contribution in [0.25, 0.3) is 0 Å². The van der Waals surface area contributed by atoms with Crippen molar-refractivity contribution in [3.8, 4) is 0 Å². The molecule has 1 saturated heterocycles. The number of piperidine rings is 1. The van der Waals surface area contributed by atoms with E-state index < -0.39 is 0 Å². The predicted octanol–water partition coefficient (Wildman–Crippen LogP) is 3.16. The lowest BCUT2D eigenvalue weighted by atomic mass is 10.0. The van der Waals surface area contributed by atoms with Crippen LogP contribution in [0.4, 0.5) is 0 Å². The topological polar surface area (TPSA) is 40.8 Å². The summed E-state index contributed by atoms with van der Waals surface area (Å²) in [5.41, 5.74) is 0. The fourth-order valence-corrected chi connectivity index (χ4v) is 2.67. The third kappa shape index (κ3) is 5.44. The lowest BCUT2D eigenvalue weighted by Crippen LogP contribution is -2.47. The molecule has 0 bridgehead atoms. The summed E-state index contributed by atoms with van der Waals surface area (Å²) in [5, 5.41) is 3.52. The van der Waals surface area contributed by atoms with E-state index in [0.717, 1.165) is 50.2 Å². The van der Waals surface area contributed by atoms with Crippen LogP contribution in [0.3, 0.4) is 0 Å². The minimum Gasteiger partial charge on any atom is -0.469 e. The molecular weight excluding hydrogens is 262 g/mol. The number of hydrogen-bond acceptors (Lipinski definition) is 2. The van der Waals surface area contributed by atoms with Crippen LogP contribution in [0.1, 0.15) is 39.4 Å². The van der Waals surface area contributed by atoms with Gasteiger partial charge in [0.05, 0.1) is 6.26 Å². The highest BCUT2D eigenvalue weighted by molar-refractivity contribution is 5.80. The van der Waals surface area contributed by atoms with Crippen molar-refractivity contribution in [2.75, 3.05) is 26.2 Å². The standard InChI is InChI=1S/C17H29N3O/c1-14(2)12-19-17(20-10-4-6-15(3)13-20)18-9-8-16-7-5-11-21-16/h5,7,11,14-15H,4,6,8-10,12-13H2,1-3H3,(H,18,19). The molecule has 2 heterocycles. The Balaban J connectivity index is 1.89. The maximum atomic E-state index is 5.38. The van der Waals surface area contributed by atoms with Crippen LogP contribution in [0.15, 0.2) is 27.8 Å². The Morgan fingerprint density at radius 1 is 1.52 bits per heavy atom. The van der Waals surface area contributed by atoms with Crippen molar-refractivity contribution in [2.45, 2.75) is 40.0 Å². The first-order valence-electron chi connectivity index (χ1n) is 8.20. The molecule has 4 nitrogen and oxygen atoms in total. The van der Waals surface area contributed by atoms with Crippen molar-refractivity contribution in [2.24, 2.45) is 16.8 Å². The summed E-state index contributed by atoms with van der Waals surface area (Å²) in [4.78, 5) is 7.22. The van der Waals surface area contributed by atoms with Gasteiger partial charge in [0.1, 0.15) is 5.76 Å². The Morgan fingerprint density at radius 2 is 2.38 bits per heavy atom. The second-order valence-electron chi connectivity index (χ2n) is 6.51. The number of guanidine groups is 1. The molecule has 1 aromatic heterocycles. The molecule has 1 aromatic rings. The first-order chi connectivity index (χ1) is 10.1. The van der Waals surface area contributed by atoms with Gasteiger partial charge in [0.25, 0.3) is 0 Å². The number of furan rings is 1. The molecule has 21 heavy (non-hydrogen) atoms. The summed E-state index contributed by atoms with van der Waals surface area (Å²) in [7, 11) is 0. The smallest absolute Gasteiger partial charge is 0.193 e. The lowest BCUT2D eigenvalue weighted by Gasteiger charge is -2.33. The molecule has 1 atom stereocenters. The molecule has 1 aliphatic heterocycles. The van der Waals surface area contributed by atoms with Gasteiger partial charge in [-0.25, -0.2) is 0 Å². The number of nitrogens with one attached hydrogen (secondary N) is 1. The van der Waals surface area contributed by atoms with E-state index in [1.54, 1.807) is 6.26 Å². The average Bonchev–Trinajstić information content (AvgIpc) is 2.95. The summed E-state index contributed by atoms with van der Waals surface area (Å²) < 4.78 is 5.38. The van der Waals surface area contributed by atoms with E-state index in [9.17, 15) is 0 Å². The van der Waals surface area contributed by atoms with Gasteiger partial charge in [-0.2, -0.15) is 0 Å². The van der Waals surface area contributed by atoms with Crippen LogP contribution >= 0.6 is 0 Å². The molecule has 0 amide bonds. The lowest BCUT2D eigenvalue weighted by molar-refractivity contribution is 0.265. The van der Waals surface area contributed by atoms with Gasteiger partial charge in [0, 0.05) is 32.6 Å². The van der Waals surface area contributed by atoms with E-state index in [0.29, 0.717) is 5.92 Å². The van der Waals surface area contributed by atoms with Gasteiger partial charge in [0.2, 0.25) is 0 Å². The second kappa shape index (κ2) is 8.11. The van der Waals surface area contributed by atoms with Gasteiger partial charge in [0.15, 0.2) is 5.96 Å². The zero-order chi connectivity index (χ0) is 15.1. The first kappa shape index (κ1) is 15.9. The molecule has 4 heteroatoms. The molecular formula is C17H29N3O. The Labute approximate surface area is 128 Å². The summed E-state index contributed by atoms with van der Waals surface area (Å²) in [5.74, 6) is 3.45. The van der Waals surface area contributed by atoms with Gasteiger partial charge < -0.3 is 14.6 Å². The highest BCUT2D eigenvalue weighted by atomic mass is 16.3. The summed E-state index contributed by atoms with van der Waals surface area (Å²) in [6.45, 7) is 10.7. The van der Waals surface area contributed by atoms with Gasteiger partial charge in [-0.3, -0.25) is 4.99 Å². The van der Waals surface area contributed by atoms with Gasteiger partial charge in [-0.15, -0.1) is 0 Å². The number of rotatable bonds is 5. The Morgan fingerprint density at radius 3 is 3.05 bits per heavy atom. The molecule has 118 valence electrons. The third-order valence-corrected chi connectivity index (χ3v) is 3.80. The van der Waals surface area contributed by atoms with Crippen molar-refractivity contribution in [3.63, 3.8) is 0 Å². The quantitative estimate of drug-likeness (QED) is 0.669. The molecule has 1 unspecified atom stereocenters. The SMILES string of the molecule is CC(C)CN=C(NCCc1ccco1)N1CCCC(C)C1. The highest BCUT2D eigenvalue weighted by Gasteiger charge is 2.19. The van der Waals surface area contributed by atoms with E-state index in [2.05, 4.69) is 31.0 Å². The molecule has 0 radical (unpaired) electrons. The Bertz CT molecular complexity index is 425. The molecule has 2 rings (SSSR count). The maximum Gasteiger partial charge on any atom is 0.193 e. The van der Waals surface area contributed by atoms with E-state index in [1.807, 2.05) is 12.1 Å². The van der Waals surface area contributed by atoms with Crippen molar-refractivity contribution < 1.29 is 4.42 Å². The minimum atomic E-state index is 0.592. The first-order valence-corrected chi connectivity index (χ1v) is 8.20. The number of nitrogens with zero attached hydrogens (tertiary/aromatic N) is 2. The molecule has 0 spiro atoms. The summed E-state index contributed by atoms with van der Waals surface area (Å²) in [6, 6.07) is 3.96. The van der Waals surface area contributed by atoms with Crippen LogP contribution < -0.4 is 5.32 Å². The van der Waals surface area contributed by atoms with Crippen molar-refractivity contribution in [1.82, 2.24) is 10.2 Å². The molecule has 1 N–H and O–H groups in total. The predicted molar refractivity (Wildman–Crippen MR) is 87.5 cm³/mol. The zero-order valence-corrected chi connectivity index (χ0v) is 13.6. The molecule has 1 fully saturated rings. The van der Waals surface area contributed by atoms with Crippen LogP contribution in [0, 0.1) is 11.8 Å². The fraction of sp³-hybridized carbons (Fsp3) is 0.706. The van der Waals surface area contributed by atoms with Crippen molar-refractivity contribution in [3.05, 3.63) is 24.2 Å². The number of aliphatic imine (C=N–C) groups is 1. The van der Waals surface area contributed by atoms with E-state index in [1.165, 1.54) is 12.8 Å². The van der Waals surface area contributed by atoms with E-state index in [-0.39, 0.29) is 0 Å². The van der Waals surface area contributed by atoms with Gasteiger partial charge in [-0.1, -0.05) is 20.8 Å². The number of likely N-dealkylation sites (tertiary alicyclic amines) is 1. The summed E-state index contributed by atoms with van der Waals surface area (Å²) >= 11 is 0. The normalized spacial score (nSPS) is 20.1. The molecule has 0 saturated carbocycles. The van der Waals surface area contributed by atoms with E-state index >= 15 is 0 Å². The van der Waals surface area contributed by atoms with Gasteiger partial charge >= 0.3 is 0 Å². The van der Waals surface area contributed by atoms with E-state index in [4.69, 9.17) is 9.41 Å². The van der Waals surface area contributed by atoms with Crippen molar-refractivity contribution >= 4 is 5.96 Å². The summed E-state index contributed by atoms with van der Waals surface area (Å²) in [6.07, 6.45) is 5.23. The highest BCUT2D eigenvalue weighted by Crippen LogP contribution is 2.15. The minimum absolute atomic E-state index is 0.592. The van der Waals surface area contributed by atoms with Crippen molar-refractivity contribution in [1.29, 1.82) is 0 Å². The average molecular weight is 291 g/mol. The second-order valence-corrected chi connectivity index (χ2v) is 6.51. The molecule has 1 aliphatic rings. The van der Waals surface area contributed by atoms with Crippen LogP contribution in [-0.4, -0.2) is 37.0 Å². The largest absolute Gasteiger partial charge is 0.469 e. The Hall–Kier alpha value is -1.45. The van der Waals surface area contributed by atoms with Crippen LogP contribution in [-0.2, 0) is 6.42 Å². The van der Waals surface area contributed by atoms with Crippen LogP contribution in [0.2, 0.25) is 0 Å². The van der Waals surface area contributed by atoms with Crippen LogP contribution in [0.5, 0.6) is 0 Å². The monoisotopic (exact) mass is 291 g/mol. The third-order valence-electron chi connectivity index (χ3n) is 3.80. The fourth-order valence-electron chi connectivity index (χ4n) is 2.67. The number of hydrogen-bond donors (Lipinski definition) is 1. The molecule has 0 aromatic carbocycles. The maximum absolute atomic E-state index is 5.38. The van der Waals surface area contributed by atoms with Gasteiger partial charge in [-0.05, 0) is 36.8 Å². The Kier molecular flexibility index (Phi) is 6.15. The zero-order valence-electron chi connectivity index (χ0n) is 13.6.